The van der Waals surface area contributed by atoms with Crippen molar-refractivity contribution < 1.29 is 28.5 Å². The van der Waals surface area contributed by atoms with Crippen molar-refractivity contribution in [3.63, 3.8) is 0 Å². The topological polar surface area (TPSA) is 91.0 Å². The molecule has 114 valence electrons. The minimum absolute atomic E-state index is 0.171. The Morgan fingerprint density at radius 3 is 2.33 bits per heavy atom. The fourth-order valence-electron chi connectivity index (χ4n) is 1.39. The molecule has 1 aromatic rings. The van der Waals surface area contributed by atoms with Crippen molar-refractivity contribution in [1.82, 2.24) is 0 Å². The Morgan fingerprint density at radius 2 is 1.90 bits per heavy atom. The van der Waals surface area contributed by atoms with E-state index in [4.69, 9.17) is 10.8 Å². The molecule has 0 unspecified atom stereocenters. The number of carbonyl (C=O) groups excluding carboxylic acids is 1. The van der Waals surface area contributed by atoms with Crippen LogP contribution in [0, 0.1) is 5.82 Å². The SMILES string of the molecule is C1=COC=CO1.COC(=O)[C@@H](N)Cc1ccc(O)c(F)c1. The van der Waals surface area contributed by atoms with Crippen LogP contribution < -0.4 is 5.73 Å². The van der Waals surface area contributed by atoms with Gasteiger partial charge >= 0.3 is 5.97 Å². The predicted molar refractivity (Wildman–Crippen MR) is 72.2 cm³/mol. The van der Waals surface area contributed by atoms with E-state index in [-0.39, 0.29) is 6.42 Å². The first-order valence-electron chi connectivity index (χ1n) is 5.96. The van der Waals surface area contributed by atoms with E-state index in [1.807, 2.05) is 0 Å². The minimum Gasteiger partial charge on any atom is -0.505 e. The number of carbonyl (C=O) groups is 1. The second kappa shape index (κ2) is 8.60. The van der Waals surface area contributed by atoms with Crippen LogP contribution >= 0.6 is 0 Å². The fraction of sp³-hybridized carbons (Fsp3) is 0.214. The van der Waals surface area contributed by atoms with Crippen molar-refractivity contribution in [2.45, 2.75) is 12.5 Å². The first-order valence-corrected chi connectivity index (χ1v) is 5.96. The number of benzene rings is 1. The molecule has 0 bridgehead atoms. The van der Waals surface area contributed by atoms with Crippen molar-refractivity contribution in [3.05, 3.63) is 54.6 Å². The lowest BCUT2D eigenvalue weighted by Crippen LogP contribution is -2.33. The van der Waals surface area contributed by atoms with Crippen LogP contribution in [0.15, 0.2) is 43.2 Å². The lowest BCUT2D eigenvalue weighted by Gasteiger charge is -2.09. The van der Waals surface area contributed by atoms with E-state index >= 15 is 0 Å². The number of rotatable bonds is 3. The van der Waals surface area contributed by atoms with E-state index < -0.39 is 23.6 Å². The third-order valence-corrected chi connectivity index (χ3v) is 2.40. The first kappa shape index (κ1) is 16.5. The van der Waals surface area contributed by atoms with E-state index in [1.165, 1.54) is 44.3 Å². The molecule has 0 radical (unpaired) electrons. The Labute approximate surface area is 121 Å². The molecule has 1 atom stereocenters. The molecular formula is C14H16FNO5. The smallest absolute Gasteiger partial charge is 0.322 e. The summed E-state index contributed by atoms with van der Waals surface area (Å²) in [5.41, 5.74) is 6.02. The van der Waals surface area contributed by atoms with Gasteiger partial charge in [0.2, 0.25) is 0 Å². The average molecular weight is 297 g/mol. The molecule has 21 heavy (non-hydrogen) atoms. The van der Waals surface area contributed by atoms with Gasteiger partial charge in [-0.2, -0.15) is 0 Å². The molecule has 1 aliphatic heterocycles. The lowest BCUT2D eigenvalue weighted by atomic mass is 10.1. The van der Waals surface area contributed by atoms with Gasteiger partial charge in [0, 0.05) is 0 Å². The van der Waals surface area contributed by atoms with Crippen LogP contribution in [0.1, 0.15) is 5.56 Å². The molecule has 0 amide bonds. The molecule has 0 saturated heterocycles. The summed E-state index contributed by atoms with van der Waals surface area (Å²) in [4.78, 5) is 11.0. The van der Waals surface area contributed by atoms with E-state index in [2.05, 4.69) is 14.2 Å². The Kier molecular flexibility index (Phi) is 6.76. The summed E-state index contributed by atoms with van der Waals surface area (Å²) in [6, 6.07) is 3.03. The largest absolute Gasteiger partial charge is 0.505 e. The fourth-order valence-corrected chi connectivity index (χ4v) is 1.39. The van der Waals surface area contributed by atoms with Crippen LogP contribution in [-0.2, 0) is 25.4 Å². The standard InChI is InChI=1S/C10H12FNO3.C4H4O2/c1-15-10(14)8(12)5-6-2-3-9(13)7(11)4-6;1-2-6-4-3-5-1/h2-4,8,13H,5,12H2,1H3;1-4H/t8-;/m0./s1. The maximum Gasteiger partial charge on any atom is 0.322 e. The number of hydrogen-bond donors (Lipinski definition) is 2. The maximum absolute atomic E-state index is 12.9. The van der Waals surface area contributed by atoms with Gasteiger partial charge in [-0.3, -0.25) is 4.79 Å². The van der Waals surface area contributed by atoms with Crippen molar-refractivity contribution in [2.24, 2.45) is 5.73 Å². The van der Waals surface area contributed by atoms with Crippen LogP contribution in [0.5, 0.6) is 5.75 Å². The number of methoxy groups -OCH3 is 1. The summed E-state index contributed by atoms with van der Waals surface area (Å²) in [6.07, 6.45) is 6.00. The van der Waals surface area contributed by atoms with Crippen LogP contribution in [0.25, 0.3) is 0 Å². The summed E-state index contributed by atoms with van der Waals surface area (Å²) in [6.45, 7) is 0. The zero-order valence-electron chi connectivity index (χ0n) is 11.4. The average Bonchev–Trinajstić information content (AvgIpc) is 2.52. The van der Waals surface area contributed by atoms with Gasteiger partial charge in [-0.15, -0.1) is 0 Å². The van der Waals surface area contributed by atoms with E-state index in [1.54, 1.807) is 0 Å². The highest BCUT2D eigenvalue weighted by Crippen LogP contribution is 2.16. The minimum atomic E-state index is -0.820. The highest BCUT2D eigenvalue weighted by atomic mass is 19.1. The van der Waals surface area contributed by atoms with Gasteiger partial charge in [0.15, 0.2) is 11.6 Å². The molecule has 1 aliphatic rings. The van der Waals surface area contributed by atoms with Crippen LogP contribution in [0.4, 0.5) is 4.39 Å². The lowest BCUT2D eigenvalue weighted by molar-refractivity contribution is -0.142. The molecule has 0 spiro atoms. The molecule has 1 heterocycles. The third kappa shape index (κ3) is 5.96. The zero-order valence-corrected chi connectivity index (χ0v) is 11.4. The van der Waals surface area contributed by atoms with Crippen molar-refractivity contribution in [1.29, 1.82) is 0 Å². The highest BCUT2D eigenvalue weighted by molar-refractivity contribution is 5.75. The van der Waals surface area contributed by atoms with Gasteiger partial charge in [0.25, 0.3) is 0 Å². The van der Waals surface area contributed by atoms with E-state index in [9.17, 15) is 9.18 Å². The van der Waals surface area contributed by atoms with Gasteiger partial charge in [0.1, 0.15) is 31.1 Å². The van der Waals surface area contributed by atoms with Crippen LogP contribution in [-0.4, -0.2) is 24.2 Å². The van der Waals surface area contributed by atoms with Gasteiger partial charge in [-0.1, -0.05) is 6.07 Å². The van der Waals surface area contributed by atoms with Gasteiger partial charge < -0.3 is 25.1 Å². The first-order chi connectivity index (χ1) is 10.0. The third-order valence-electron chi connectivity index (χ3n) is 2.40. The van der Waals surface area contributed by atoms with E-state index in [0.717, 1.165) is 6.07 Å². The quantitative estimate of drug-likeness (QED) is 0.823. The number of halogens is 1. The summed E-state index contributed by atoms with van der Waals surface area (Å²) in [7, 11) is 1.24. The normalized spacial score (nSPS) is 13.3. The molecule has 0 aliphatic carbocycles. The van der Waals surface area contributed by atoms with E-state index in [0.29, 0.717) is 5.56 Å². The van der Waals surface area contributed by atoms with Gasteiger partial charge in [0.05, 0.1) is 7.11 Å². The van der Waals surface area contributed by atoms with Crippen molar-refractivity contribution >= 4 is 5.97 Å². The number of esters is 1. The maximum atomic E-state index is 12.9. The molecule has 6 nitrogen and oxygen atoms in total. The molecule has 0 saturated carbocycles. The number of hydrogen-bond acceptors (Lipinski definition) is 6. The molecular weight excluding hydrogens is 281 g/mol. The predicted octanol–water partition coefficient (Wildman–Crippen LogP) is 1.55. The number of phenolic OH excluding ortho intramolecular Hbond substituents is 1. The van der Waals surface area contributed by atoms with Crippen LogP contribution in [0.3, 0.4) is 0 Å². The Morgan fingerprint density at radius 1 is 1.33 bits per heavy atom. The Balaban J connectivity index is 0.000000304. The second-order valence-corrected chi connectivity index (χ2v) is 3.94. The Bertz CT molecular complexity index is 510. The summed E-state index contributed by atoms with van der Waals surface area (Å²) in [5.74, 6) is -1.71. The molecule has 7 heteroatoms. The summed E-state index contributed by atoms with van der Waals surface area (Å²) < 4.78 is 26.5. The molecule has 3 N–H and O–H groups in total. The second-order valence-electron chi connectivity index (χ2n) is 3.94. The molecule has 1 aromatic carbocycles. The zero-order chi connectivity index (χ0) is 15.7. The Hall–Kier alpha value is -2.54. The number of ether oxygens (including phenoxy) is 3. The monoisotopic (exact) mass is 297 g/mol. The number of aromatic hydroxyl groups is 1. The molecule has 0 aromatic heterocycles. The summed E-state index contributed by atoms with van der Waals surface area (Å²) in [5, 5.41) is 8.94. The summed E-state index contributed by atoms with van der Waals surface area (Å²) >= 11 is 0. The van der Waals surface area contributed by atoms with Gasteiger partial charge in [-0.05, 0) is 24.1 Å². The number of nitrogens with two attached hydrogens (primary N) is 1. The number of phenols is 1. The molecule has 2 rings (SSSR count). The van der Waals surface area contributed by atoms with Gasteiger partial charge in [-0.25, -0.2) is 4.39 Å². The van der Waals surface area contributed by atoms with Crippen molar-refractivity contribution in [2.75, 3.05) is 7.11 Å². The highest BCUT2D eigenvalue weighted by Gasteiger charge is 2.14. The van der Waals surface area contributed by atoms with Crippen molar-refractivity contribution in [3.8, 4) is 5.75 Å². The van der Waals surface area contributed by atoms with Crippen LogP contribution in [0.2, 0.25) is 0 Å². The molecule has 0 fully saturated rings.